The minimum absolute atomic E-state index is 0.0197. The molecule has 0 saturated carbocycles. The van der Waals surface area contributed by atoms with Crippen LogP contribution >= 0.6 is 15.9 Å². The summed E-state index contributed by atoms with van der Waals surface area (Å²) in [4.78, 5) is 15.8. The number of carbonyl (C=O) groups is 1. The van der Waals surface area contributed by atoms with Crippen LogP contribution in [0.2, 0.25) is 0 Å². The summed E-state index contributed by atoms with van der Waals surface area (Å²) in [6.45, 7) is 5.18. The fourth-order valence-electron chi connectivity index (χ4n) is 3.25. The van der Waals surface area contributed by atoms with Crippen molar-refractivity contribution in [1.29, 1.82) is 5.26 Å². The van der Waals surface area contributed by atoms with E-state index in [-0.39, 0.29) is 5.57 Å². The monoisotopic (exact) mass is 481 g/mol. The van der Waals surface area contributed by atoms with Gasteiger partial charge in [0.1, 0.15) is 11.6 Å². The molecule has 0 unspecified atom stereocenters. The maximum absolute atomic E-state index is 12.6. The van der Waals surface area contributed by atoms with E-state index in [9.17, 15) is 10.1 Å². The average Bonchev–Trinajstić information content (AvgIpc) is 3.18. The van der Waals surface area contributed by atoms with Gasteiger partial charge in [0.15, 0.2) is 11.5 Å². The number of fused-ring (bicyclic) bond motifs is 1. The van der Waals surface area contributed by atoms with Crippen LogP contribution < -0.4 is 14.8 Å². The average molecular weight is 482 g/mol. The van der Waals surface area contributed by atoms with Gasteiger partial charge in [-0.05, 0) is 55.7 Å². The topological polar surface area (TPSA) is 87.1 Å². The van der Waals surface area contributed by atoms with Gasteiger partial charge < -0.3 is 19.8 Å². The first-order chi connectivity index (χ1) is 15.1. The van der Waals surface area contributed by atoms with Crippen LogP contribution in [0.15, 0.2) is 52.6 Å². The third-order valence-corrected chi connectivity index (χ3v) is 5.37. The molecule has 0 saturated heterocycles. The second-order valence-corrected chi connectivity index (χ2v) is 7.58. The van der Waals surface area contributed by atoms with Gasteiger partial charge in [-0.1, -0.05) is 34.1 Å². The summed E-state index contributed by atoms with van der Waals surface area (Å²) in [5, 5.41) is 13.5. The maximum atomic E-state index is 12.6. The molecule has 160 valence electrons. The standard InChI is InChI=1S/C24H24BrN3O3/c1-3-30-22-12-17(20(25)13-23(22)31-4-2)11-18(14-26)24(29)27-10-9-16-15-28-21-8-6-5-7-19(16)21/h5-8,11-13,15,28H,3-4,9-10H2,1-2H3,(H,27,29)/b18-11-. The second kappa shape index (κ2) is 10.7. The van der Waals surface area contributed by atoms with Gasteiger partial charge in [-0.15, -0.1) is 0 Å². The highest BCUT2D eigenvalue weighted by atomic mass is 79.9. The van der Waals surface area contributed by atoms with Crippen molar-refractivity contribution in [2.75, 3.05) is 19.8 Å². The molecule has 1 aromatic heterocycles. The van der Waals surface area contributed by atoms with Crippen LogP contribution in [0.5, 0.6) is 11.5 Å². The highest BCUT2D eigenvalue weighted by molar-refractivity contribution is 9.10. The van der Waals surface area contributed by atoms with E-state index in [1.807, 2.05) is 50.4 Å². The van der Waals surface area contributed by atoms with Crippen molar-refractivity contribution in [2.45, 2.75) is 20.3 Å². The molecular formula is C24H24BrN3O3. The van der Waals surface area contributed by atoms with Crippen LogP contribution in [-0.4, -0.2) is 30.6 Å². The molecule has 0 spiro atoms. The summed E-state index contributed by atoms with van der Waals surface area (Å²) in [6, 6.07) is 13.6. The number of amides is 1. The number of halogens is 1. The van der Waals surface area contributed by atoms with Gasteiger partial charge in [0, 0.05) is 28.1 Å². The number of nitriles is 1. The number of rotatable bonds is 9. The number of nitrogens with one attached hydrogen (secondary N) is 2. The Kier molecular flexibility index (Phi) is 7.74. The number of hydrogen-bond acceptors (Lipinski definition) is 4. The normalized spacial score (nSPS) is 11.2. The van der Waals surface area contributed by atoms with Crippen molar-refractivity contribution in [3.8, 4) is 17.6 Å². The van der Waals surface area contributed by atoms with E-state index >= 15 is 0 Å². The zero-order valence-corrected chi connectivity index (χ0v) is 19.1. The van der Waals surface area contributed by atoms with Gasteiger partial charge in [-0.2, -0.15) is 5.26 Å². The van der Waals surface area contributed by atoms with Crippen LogP contribution in [0.1, 0.15) is 25.0 Å². The number of aromatic nitrogens is 1. The van der Waals surface area contributed by atoms with Crippen LogP contribution in [0, 0.1) is 11.3 Å². The lowest BCUT2D eigenvalue weighted by molar-refractivity contribution is -0.117. The van der Waals surface area contributed by atoms with Crippen molar-refractivity contribution in [2.24, 2.45) is 0 Å². The number of nitrogens with zero attached hydrogens (tertiary/aromatic N) is 1. The Bertz CT molecular complexity index is 1140. The summed E-state index contributed by atoms with van der Waals surface area (Å²) in [7, 11) is 0. The van der Waals surface area contributed by atoms with E-state index in [0.717, 1.165) is 16.5 Å². The summed E-state index contributed by atoms with van der Waals surface area (Å²) < 4.78 is 11.9. The van der Waals surface area contributed by atoms with E-state index in [4.69, 9.17) is 9.47 Å². The van der Waals surface area contributed by atoms with Crippen molar-refractivity contribution in [1.82, 2.24) is 10.3 Å². The van der Waals surface area contributed by atoms with Crippen LogP contribution in [0.25, 0.3) is 17.0 Å². The molecular weight excluding hydrogens is 458 g/mol. The SMILES string of the molecule is CCOc1cc(Br)c(/C=C(/C#N)C(=O)NCCc2c[nH]c3ccccc23)cc1OCC. The van der Waals surface area contributed by atoms with Crippen molar-refractivity contribution < 1.29 is 14.3 Å². The minimum atomic E-state index is -0.416. The van der Waals surface area contributed by atoms with E-state index in [1.54, 1.807) is 18.2 Å². The number of para-hydroxylation sites is 1. The lowest BCUT2D eigenvalue weighted by atomic mass is 10.1. The number of carbonyl (C=O) groups excluding carboxylic acids is 1. The summed E-state index contributed by atoms with van der Waals surface area (Å²) in [6.07, 6.45) is 4.16. The first kappa shape index (κ1) is 22.4. The maximum Gasteiger partial charge on any atom is 0.261 e. The van der Waals surface area contributed by atoms with Crippen LogP contribution in [0.3, 0.4) is 0 Å². The van der Waals surface area contributed by atoms with E-state index in [2.05, 4.69) is 26.2 Å². The highest BCUT2D eigenvalue weighted by Crippen LogP contribution is 2.35. The zero-order valence-electron chi connectivity index (χ0n) is 17.5. The largest absolute Gasteiger partial charge is 0.490 e. The molecule has 3 aromatic rings. The van der Waals surface area contributed by atoms with Gasteiger partial charge in [0.2, 0.25) is 0 Å². The number of aromatic amines is 1. The Labute approximate surface area is 190 Å². The molecule has 1 heterocycles. The molecule has 0 aliphatic carbocycles. The minimum Gasteiger partial charge on any atom is -0.490 e. The van der Waals surface area contributed by atoms with Crippen molar-refractivity contribution >= 4 is 38.8 Å². The van der Waals surface area contributed by atoms with Gasteiger partial charge >= 0.3 is 0 Å². The quantitative estimate of drug-likeness (QED) is 0.332. The Morgan fingerprint density at radius 1 is 1.19 bits per heavy atom. The molecule has 0 aliphatic heterocycles. The molecule has 0 atom stereocenters. The molecule has 3 rings (SSSR count). The van der Waals surface area contributed by atoms with E-state index < -0.39 is 5.91 Å². The van der Waals surface area contributed by atoms with Crippen LogP contribution in [0.4, 0.5) is 0 Å². The fourth-order valence-corrected chi connectivity index (χ4v) is 3.68. The Balaban J connectivity index is 1.72. The third-order valence-electron chi connectivity index (χ3n) is 4.68. The number of benzene rings is 2. The van der Waals surface area contributed by atoms with E-state index in [1.165, 1.54) is 0 Å². The number of hydrogen-bond donors (Lipinski definition) is 2. The molecule has 0 fully saturated rings. The zero-order chi connectivity index (χ0) is 22.2. The molecule has 6 nitrogen and oxygen atoms in total. The smallest absolute Gasteiger partial charge is 0.261 e. The van der Waals surface area contributed by atoms with Gasteiger partial charge in [-0.25, -0.2) is 0 Å². The van der Waals surface area contributed by atoms with Gasteiger partial charge in [0.05, 0.1) is 13.2 Å². The first-order valence-electron chi connectivity index (χ1n) is 10.1. The predicted octanol–water partition coefficient (Wildman–Crippen LogP) is 4.99. The van der Waals surface area contributed by atoms with E-state index in [0.29, 0.717) is 47.7 Å². The molecule has 0 bridgehead atoms. The first-order valence-corrected chi connectivity index (χ1v) is 10.9. The number of H-pyrrole nitrogens is 1. The van der Waals surface area contributed by atoms with Gasteiger partial charge in [0.25, 0.3) is 5.91 Å². The number of ether oxygens (including phenoxy) is 2. The molecule has 2 N–H and O–H groups in total. The molecule has 1 amide bonds. The molecule has 31 heavy (non-hydrogen) atoms. The Morgan fingerprint density at radius 3 is 2.61 bits per heavy atom. The fraction of sp³-hybridized carbons (Fsp3) is 0.250. The predicted molar refractivity (Wildman–Crippen MR) is 125 cm³/mol. The lowest BCUT2D eigenvalue weighted by Gasteiger charge is -2.13. The molecule has 0 aliphatic rings. The summed E-state index contributed by atoms with van der Waals surface area (Å²) >= 11 is 3.49. The molecule has 2 aromatic carbocycles. The molecule has 7 heteroatoms. The summed E-state index contributed by atoms with van der Waals surface area (Å²) in [5.74, 6) is 0.756. The van der Waals surface area contributed by atoms with Crippen molar-refractivity contribution in [3.05, 3.63) is 63.8 Å². The van der Waals surface area contributed by atoms with Crippen LogP contribution in [-0.2, 0) is 11.2 Å². The Morgan fingerprint density at radius 2 is 1.90 bits per heavy atom. The lowest BCUT2D eigenvalue weighted by Crippen LogP contribution is -2.26. The second-order valence-electron chi connectivity index (χ2n) is 6.72. The highest BCUT2D eigenvalue weighted by Gasteiger charge is 2.14. The van der Waals surface area contributed by atoms with Gasteiger partial charge in [-0.3, -0.25) is 4.79 Å². The summed E-state index contributed by atoms with van der Waals surface area (Å²) in [5.41, 5.74) is 2.86. The Hall–Kier alpha value is -3.24. The molecule has 0 radical (unpaired) electrons. The third kappa shape index (κ3) is 5.47. The van der Waals surface area contributed by atoms with Crippen molar-refractivity contribution in [3.63, 3.8) is 0 Å².